The van der Waals surface area contributed by atoms with Crippen LogP contribution in [0.15, 0.2) is 53.0 Å². The third kappa shape index (κ3) is 3.41. The second-order valence-electron chi connectivity index (χ2n) is 7.15. The van der Waals surface area contributed by atoms with Gasteiger partial charge in [-0.15, -0.1) is 12.6 Å². The SMILES string of the molecule is CCc1ccc2c(c1)C(=O)C=C1C2=Nc2ccc(O)cc2C1(C)C.O=S(=O)=O. The summed E-state index contributed by atoms with van der Waals surface area (Å²) in [5.41, 5.74) is 5.99. The molecule has 4 rings (SSSR count). The molecule has 2 aromatic rings. The van der Waals surface area contributed by atoms with Crippen molar-refractivity contribution in [1.82, 2.24) is 0 Å². The van der Waals surface area contributed by atoms with Crippen molar-refractivity contribution in [3.05, 3.63) is 70.3 Å². The number of nitrogens with zero attached hydrogens (tertiary/aromatic N) is 1. The number of aliphatic imine (C=N–C) groups is 1. The van der Waals surface area contributed by atoms with Gasteiger partial charge in [-0.25, -0.2) is 4.99 Å². The molecular formula is C21H19NO5S. The van der Waals surface area contributed by atoms with Crippen LogP contribution in [0.25, 0.3) is 0 Å². The maximum atomic E-state index is 12.7. The molecule has 0 atom stereocenters. The van der Waals surface area contributed by atoms with Crippen molar-refractivity contribution in [3.8, 4) is 5.75 Å². The van der Waals surface area contributed by atoms with Gasteiger partial charge in [0.05, 0.1) is 11.4 Å². The van der Waals surface area contributed by atoms with Crippen molar-refractivity contribution < 1.29 is 22.5 Å². The summed E-state index contributed by atoms with van der Waals surface area (Å²) in [7, 11) is -3.11. The maximum absolute atomic E-state index is 12.7. The van der Waals surface area contributed by atoms with Gasteiger partial charge in [0.15, 0.2) is 5.78 Å². The molecule has 0 amide bonds. The number of aromatic hydroxyl groups is 1. The van der Waals surface area contributed by atoms with E-state index < -0.39 is 10.6 Å². The van der Waals surface area contributed by atoms with Crippen LogP contribution in [0.5, 0.6) is 5.75 Å². The number of hydrogen-bond acceptors (Lipinski definition) is 6. The van der Waals surface area contributed by atoms with Crippen molar-refractivity contribution in [2.45, 2.75) is 32.6 Å². The van der Waals surface area contributed by atoms with Crippen molar-refractivity contribution >= 4 is 27.8 Å². The number of aryl methyl sites for hydroxylation is 1. The predicted molar refractivity (Wildman–Crippen MR) is 105 cm³/mol. The number of ketones is 1. The Hall–Kier alpha value is -3.06. The standard InChI is InChI=1S/C21H19NO2.O3S/c1-4-12-5-7-14-15(9-12)19(24)11-17-20(14)22-18-8-6-13(23)10-16(18)21(17,2)3;1-4(2)3/h5-11,23H,4H2,1-3H3;. The van der Waals surface area contributed by atoms with Crippen LogP contribution < -0.4 is 0 Å². The fourth-order valence-corrected chi connectivity index (χ4v) is 3.63. The fraction of sp³-hybridized carbons (Fsp3) is 0.238. The van der Waals surface area contributed by atoms with Crippen LogP contribution in [0.1, 0.15) is 47.8 Å². The monoisotopic (exact) mass is 397 g/mol. The van der Waals surface area contributed by atoms with E-state index in [-0.39, 0.29) is 16.9 Å². The van der Waals surface area contributed by atoms with Gasteiger partial charge in [0.2, 0.25) is 0 Å². The minimum Gasteiger partial charge on any atom is -0.508 e. The Morgan fingerprint density at radius 1 is 1.04 bits per heavy atom. The first-order valence-electron chi connectivity index (χ1n) is 8.74. The number of fused-ring (bicyclic) bond motifs is 4. The van der Waals surface area contributed by atoms with Gasteiger partial charge in [0.1, 0.15) is 5.75 Å². The molecule has 0 bridgehead atoms. The van der Waals surface area contributed by atoms with E-state index in [1.807, 2.05) is 18.2 Å². The van der Waals surface area contributed by atoms with E-state index in [2.05, 4.69) is 26.8 Å². The van der Waals surface area contributed by atoms with E-state index in [1.54, 1.807) is 18.2 Å². The molecule has 7 heteroatoms. The summed E-state index contributed by atoms with van der Waals surface area (Å²) < 4.78 is 25.3. The van der Waals surface area contributed by atoms with E-state index in [0.29, 0.717) is 0 Å². The average Bonchev–Trinajstić information content (AvgIpc) is 2.63. The smallest absolute Gasteiger partial charge is 0.425 e. The number of hydrogen-bond donors (Lipinski definition) is 1. The molecule has 28 heavy (non-hydrogen) atoms. The predicted octanol–water partition coefficient (Wildman–Crippen LogP) is 3.49. The topological polar surface area (TPSA) is 101 Å². The first-order valence-corrected chi connectivity index (χ1v) is 9.74. The Balaban J connectivity index is 0.000000516. The van der Waals surface area contributed by atoms with Gasteiger partial charge < -0.3 is 5.11 Å². The molecule has 1 heterocycles. The van der Waals surface area contributed by atoms with Crippen LogP contribution in [0.2, 0.25) is 0 Å². The zero-order valence-corrected chi connectivity index (χ0v) is 16.5. The molecule has 1 aliphatic carbocycles. The number of allylic oxidation sites excluding steroid dienone is 2. The van der Waals surface area contributed by atoms with Crippen LogP contribution in [-0.2, 0) is 22.4 Å². The molecule has 2 aliphatic rings. The number of carbonyl (C=O) groups is 1. The van der Waals surface area contributed by atoms with Crippen LogP contribution in [-0.4, -0.2) is 29.2 Å². The third-order valence-corrected chi connectivity index (χ3v) is 5.10. The van der Waals surface area contributed by atoms with Crippen molar-refractivity contribution in [3.63, 3.8) is 0 Å². The molecule has 144 valence electrons. The summed E-state index contributed by atoms with van der Waals surface area (Å²) in [4.78, 5) is 17.5. The Kier molecular flexibility index (Phi) is 5.04. The van der Waals surface area contributed by atoms with Gasteiger partial charge >= 0.3 is 10.6 Å². The lowest BCUT2D eigenvalue weighted by atomic mass is 9.69. The Labute approximate surface area is 164 Å². The average molecular weight is 397 g/mol. The number of phenolic OH excluding ortho intramolecular Hbond substituents is 1. The molecular weight excluding hydrogens is 378 g/mol. The number of benzene rings is 2. The van der Waals surface area contributed by atoms with Crippen molar-refractivity contribution in [2.75, 3.05) is 0 Å². The minimum atomic E-state index is -3.11. The van der Waals surface area contributed by atoms with E-state index in [0.717, 1.165) is 45.6 Å². The highest BCUT2D eigenvalue weighted by Crippen LogP contribution is 2.46. The number of phenols is 1. The molecule has 0 spiro atoms. The highest BCUT2D eigenvalue weighted by Gasteiger charge is 2.39. The van der Waals surface area contributed by atoms with Crippen LogP contribution >= 0.6 is 0 Å². The molecule has 0 saturated carbocycles. The molecule has 0 radical (unpaired) electrons. The van der Waals surface area contributed by atoms with Crippen LogP contribution in [0.4, 0.5) is 5.69 Å². The largest absolute Gasteiger partial charge is 0.508 e. The molecule has 0 unspecified atom stereocenters. The molecule has 0 saturated heterocycles. The van der Waals surface area contributed by atoms with Crippen LogP contribution in [0.3, 0.4) is 0 Å². The maximum Gasteiger partial charge on any atom is 0.425 e. The zero-order valence-electron chi connectivity index (χ0n) is 15.7. The molecule has 6 nitrogen and oxygen atoms in total. The lowest BCUT2D eigenvalue weighted by Crippen LogP contribution is -2.33. The Bertz CT molecular complexity index is 1150. The van der Waals surface area contributed by atoms with E-state index in [4.69, 9.17) is 17.6 Å². The second kappa shape index (κ2) is 7.16. The van der Waals surface area contributed by atoms with Gasteiger partial charge in [-0.05, 0) is 53.5 Å². The first kappa shape index (κ1) is 19.7. The molecule has 0 aromatic heterocycles. The van der Waals surface area contributed by atoms with Gasteiger partial charge in [-0.3, -0.25) is 4.79 Å². The molecule has 1 aliphatic heterocycles. The first-order chi connectivity index (χ1) is 13.1. The summed E-state index contributed by atoms with van der Waals surface area (Å²) in [5, 5.41) is 9.85. The minimum absolute atomic E-state index is 0.0333. The van der Waals surface area contributed by atoms with Gasteiger partial charge in [0, 0.05) is 16.5 Å². The summed E-state index contributed by atoms with van der Waals surface area (Å²) in [6.07, 6.45) is 2.62. The van der Waals surface area contributed by atoms with E-state index >= 15 is 0 Å². The molecule has 0 fully saturated rings. The highest BCUT2D eigenvalue weighted by molar-refractivity contribution is 7.59. The van der Waals surface area contributed by atoms with E-state index in [9.17, 15) is 9.90 Å². The lowest BCUT2D eigenvalue weighted by molar-refractivity contribution is 0.104. The Morgan fingerprint density at radius 2 is 1.71 bits per heavy atom. The van der Waals surface area contributed by atoms with Gasteiger partial charge in [0.25, 0.3) is 0 Å². The Morgan fingerprint density at radius 3 is 2.36 bits per heavy atom. The quantitative estimate of drug-likeness (QED) is 0.794. The lowest BCUT2D eigenvalue weighted by Gasteiger charge is -2.36. The normalized spacial score (nSPS) is 15.8. The highest BCUT2D eigenvalue weighted by atomic mass is 32.2. The van der Waals surface area contributed by atoms with Gasteiger partial charge in [-0.1, -0.05) is 32.9 Å². The summed E-state index contributed by atoms with van der Waals surface area (Å²) >= 11 is 0. The van der Waals surface area contributed by atoms with Gasteiger partial charge in [-0.2, -0.15) is 0 Å². The number of carbonyl (C=O) groups excluding carboxylic acids is 1. The third-order valence-electron chi connectivity index (χ3n) is 5.10. The molecule has 2 aromatic carbocycles. The zero-order chi connectivity index (χ0) is 20.6. The summed E-state index contributed by atoms with van der Waals surface area (Å²) in [6, 6.07) is 11.3. The fourth-order valence-electron chi connectivity index (χ4n) is 3.63. The summed E-state index contributed by atoms with van der Waals surface area (Å²) in [6.45, 7) is 6.23. The van der Waals surface area contributed by atoms with Crippen molar-refractivity contribution in [2.24, 2.45) is 4.99 Å². The van der Waals surface area contributed by atoms with E-state index in [1.165, 1.54) is 0 Å². The van der Waals surface area contributed by atoms with Crippen LogP contribution in [0, 0.1) is 0 Å². The number of rotatable bonds is 1. The summed E-state index contributed by atoms with van der Waals surface area (Å²) in [5.74, 6) is 0.252. The second-order valence-corrected chi connectivity index (χ2v) is 7.55. The molecule has 1 N–H and O–H groups in total. The van der Waals surface area contributed by atoms with Crippen molar-refractivity contribution in [1.29, 1.82) is 0 Å².